The van der Waals surface area contributed by atoms with E-state index in [0.29, 0.717) is 35.7 Å². The third-order valence-electron chi connectivity index (χ3n) is 9.35. The zero-order valence-electron chi connectivity index (χ0n) is 17.3. The lowest BCUT2D eigenvalue weighted by molar-refractivity contribution is -0.152. The molecule has 0 aromatic rings. The van der Waals surface area contributed by atoms with E-state index >= 15 is 0 Å². The minimum atomic E-state index is -0.158. The Morgan fingerprint density at radius 3 is 2.68 bits per heavy atom. The monoisotopic (exact) mass is 386 g/mol. The van der Waals surface area contributed by atoms with E-state index in [1.54, 1.807) is 0 Å². The van der Waals surface area contributed by atoms with Crippen LogP contribution in [0.3, 0.4) is 0 Å². The summed E-state index contributed by atoms with van der Waals surface area (Å²) >= 11 is 0. The van der Waals surface area contributed by atoms with Gasteiger partial charge in [-0.1, -0.05) is 19.0 Å². The van der Waals surface area contributed by atoms with Gasteiger partial charge in [0.25, 0.3) is 0 Å². The lowest BCUT2D eigenvalue weighted by Crippen LogP contribution is -2.56. The van der Waals surface area contributed by atoms with Crippen molar-refractivity contribution in [3.05, 3.63) is 0 Å². The molecule has 5 fully saturated rings. The van der Waals surface area contributed by atoms with Gasteiger partial charge in [-0.2, -0.15) is 0 Å². The number of nitrogens with one attached hydrogen (secondary N) is 1. The number of Topliss-reactive ketones (excluding diaryl/α,β-unsaturated/α-hetero) is 2. The van der Waals surface area contributed by atoms with Crippen LogP contribution in [0.15, 0.2) is 5.16 Å². The van der Waals surface area contributed by atoms with E-state index < -0.39 is 0 Å². The molecule has 0 amide bonds. The molecule has 1 saturated heterocycles. The van der Waals surface area contributed by atoms with Crippen LogP contribution in [0.5, 0.6) is 0 Å². The third kappa shape index (κ3) is 2.72. The van der Waals surface area contributed by atoms with Crippen molar-refractivity contribution in [1.82, 2.24) is 5.32 Å². The third-order valence-corrected chi connectivity index (χ3v) is 9.35. The maximum Gasteiger partial charge on any atom is 0.141 e. The fourth-order valence-electron chi connectivity index (χ4n) is 7.57. The molecule has 4 saturated carbocycles. The summed E-state index contributed by atoms with van der Waals surface area (Å²) in [4.78, 5) is 31.6. The average Bonchev–Trinajstić information content (AvgIpc) is 3.29. The molecule has 0 bridgehead atoms. The van der Waals surface area contributed by atoms with Crippen LogP contribution >= 0.6 is 0 Å². The minimum absolute atomic E-state index is 0.0703. The van der Waals surface area contributed by atoms with Crippen molar-refractivity contribution in [3.8, 4) is 0 Å². The fourth-order valence-corrected chi connectivity index (χ4v) is 7.57. The largest absolute Gasteiger partial charge is 0.391 e. The van der Waals surface area contributed by atoms with Crippen LogP contribution in [-0.2, 0) is 14.4 Å². The number of nitrogens with zero attached hydrogens (tertiary/aromatic N) is 1. The summed E-state index contributed by atoms with van der Waals surface area (Å²) in [5.74, 6) is 2.38. The van der Waals surface area contributed by atoms with Crippen LogP contribution < -0.4 is 5.32 Å². The lowest BCUT2D eigenvalue weighted by Gasteiger charge is -2.58. The molecular weight excluding hydrogens is 352 g/mol. The Morgan fingerprint density at radius 1 is 1.04 bits per heavy atom. The van der Waals surface area contributed by atoms with Crippen molar-refractivity contribution >= 4 is 17.3 Å². The summed E-state index contributed by atoms with van der Waals surface area (Å²) in [6.07, 6.45) is 8.50. The van der Waals surface area contributed by atoms with E-state index in [1.807, 2.05) is 0 Å². The zero-order valence-corrected chi connectivity index (χ0v) is 17.3. The van der Waals surface area contributed by atoms with Crippen LogP contribution in [0.2, 0.25) is 0 Å². The first-order valence-corrected chi connectivity index (χ1v) is 11.4. The van der Waals surface area contributed by atoms with Gasteiger partial charge in [0.15, 0.2) is 0 Å². The topological polar surface area (TPSA) is 67.8 Å². The first kappa shape index (κ1) is 18.8. The highest BCUT2D eigenvalue weighted by Gasteiger charge is 2.62. The van der Waals surface area contributed by atoms with Crippen LogP contribution in [0.4, 0.5) is 0 Å². The number of carbonyl (C=O) groups is 2. The Labute approximate surface area is 168 Å². The normalized spacial score (nSPS) is 49.6. The maximum absolute atomic E-state index is 13.3. The van der Waals surface area contributed by atoms with Gasteiger partial charge in [-0.15, -0.1) is 0 Å². The SMILES string of the molecule is C[C@]12CC/C(=N/O[C@@H]3CCNC3)CC1C(=O)C[C@@H]1[C@H]2CC[C@]2(C)C(=O)CC[C@@H]12. The number of ketones is 2. The fraction of sp³-hybridized carbons (Fsp3) is 0.870. The number of carbonyl (C=O) groups excluding carboxylic acids is 2. The molecule has 5 heteroatoms. The smallest absolute Gasteiger partial charge is 0.141 e. The van der Waals surface area contributed by atoms with Crippen molar-refractivity contribution in [2.45, 2.75) is 77.7 Å². The number of rotatable bonds is 2. The molecule has 154 valence electrons. The molecule has 4 aliphatic carbocycles. The highest BCUT2D eigenvalue weighted by atomic mass is 16.6. The molecular formula is C23H34N2O3. The zero-order chi connectivity index (χ0) is 19.5. The standard InChI is InChI=1S/C23H34N2O3/c1-22-8-5-14(25-28-15-7-10-24-13-15)11-19(22)20(26)12-16-17-3-4-21(27)23(17,2)9-6-18(16)22/h15-19,24H,3-13H2,1-2H3/b25-14-/t15-,16+,17+,18-,19?,22-,23+/m1/s1. The molecule has 0 aromatic heterocycles. The molecule has 0 radical (unpaired) electrons. The Hall–Kier alpha value is -1.23. The van der Waals surface area contributed by atoms with Gasteiger partial charge in [-0.3, -0.25) is 9.59 Å². The summed E-state index contributed by atoms with van der Waals surface area (Å²) in [6.45, 7) is 6.42. The molecule has 7 atom stereocenters. The molecule has 0 spiro atoms. The summed E-state index contributed by atoms with van der Waals surface area (Å²) < 4.78 is 0. The van der Waals surface area contributed by atoms with Crippen LogP contribution in [0.1, 0.15) is 71.6 Å². The first-order chi connectivity index (χ1) is 13.4. The van der Waals surface area contributed by atoms with Crippen molar-refractivity contribution in [1.29, 1.82) is 0 Å². The predicted octanol–water partition coefficient (Wildman–Crippen LogP) is 3.51. The Bertz CT molecular complexity index is 713. The number of hydrogen-bond acceptors (Lipinski definition) is 5. The molecule has 5 rings (SSSR count). The second-order valence-electron chi connectivity index (χ2n) is 10.6. The first-order valence-electron chi connectivity index (χ1n) is 11.4. The Balaban J connectivity index is 1.35. The van der Waals surface area contributed by atoms with E-state index in [-0.39, 0.29) is 22.9 Å². The van der Waals surface area contributed by atoms with Crippen molar-refractivity contribution in [2.75, 3.05) is 13.1 Å². The van der Waals surface area contributed by atoms with Crippen molar-refractivity contribution in [2.24, 2.45) is 39.7 Å². The van der Waals surface area contributed by atoms with Crippen LogP contribution in [0.25, 0.3) is 0 Å². The Kier molecular flexibility index (Phi) is 4.46. The van der Waals surface area contributed by atoms with E-state index in [2.05, 4.69) is 24.3 Å². The summed E-state index contributed by atoms with van der Waals surface area (Å²) in [7, 11) is 0. The van der Waals surface area contributed by atoms with Gasteiger partial charge in [0, 0.05) is 37.1 Å². The van der Waals surface area contributed by atoms with Gasteiger partial charge in [-0.05, 0) is 68.2 Å². The number of hydrogen-bond donors (Lipinski definition) is 1. The van der Waals surface area contributed by atoms with E-state index in [0.717, 1.165) is 70.2 Å². The van der Waals surface area contributed by atoms with E-state index in [9.17, 15) is 9.59 Å². The van der Waals surface area contributed by atoms with Gasteiger partial charge in [0.05, 0.1) is 5.71 Å². The van der Waals surface area contributed by atoms with Gasteiger partial charge in [0.1, 0.15) is 17.7 Å². The molecule has 0 aromatic carbocycles. The van der Waals surface area contributed by atoms with Crippen molar-refractivity contribution < 1.29 is 14.4 Å². The van der Waals surface area contributed by atoms with Gasteiger partial charge >= 0.3 is 0 Å². The number of oxime groups is 1. The molecule has 28 heavy (non-hydrogen) atoms. The van der Waals surface area contributed by atoms with E-state index in [1.165, 1.54) is 0 Å². The quantitative estimate of drug-likeness (QED) is 0.738. The second-order valence-corrected chi connectivity index (χ2v) is 10.6. The summed E-state index contributed by atoms with van der Waals surface area (Å²) in [5.41, 5.74) is 0.994. The van der Waals surface area contributed by atoms with Gasteiger partial charge < -0.3 is 10.2 Å². The van der Waals surface area contributed by atoms with Gasteiger partial charge in [0.2, 0.25) is 0 Å². The van der Waals surface area contributed by atoms with Crippen LogP contribution in [0, 0.1) is 34.5 Å². The highest BCUT2D eigenvalue weighted by Crippen LogP contribution is 2.64. The van der Waals surface area contributed by atoms with Crippen LogP contribution in [-0.4, -0.2) is 36.5 Å². The second kappa shape index (κ2) is 6.65. The highest BCUT2D eigenvalue weighted by molar-refractivity contribution is 5.93. The summed E-state index contributed by atoms with van der Waals surface area (Å²) in [6, 6.07) is 0. The maximum atomic E-state index is 13.3. The lowest BCUT2D eigenvalue weighted by atomic mass is 9.45. The van der Waals surface area contributed by atoms with E-state index in [4.69, 9.17) is 4.84 Å². The van der Waals surface area contributed by atoms with Crippen molar-refractivity contribution in [3.63, 3.8) is 0 Å². The average molecular weight is 387 g/mol. The molecule has 1 aliphatic heterocycles. The molecule has 1 heterocycles. The summed E-state index contributed by atoms with van der Waals surface area (Å²) in [5, 5.41) is 7.78. The number of fused-ring (bicyclic) bond motifs is 5. The van der Waals surface area contributed by atoms with Gasteiger partial charge in [-0.25, -0.2) is 0 Å². The molecule has 5 aliphatic rings. The molecule has 1 N–H and O–H groups in total. The molecule has 5 nitrogen and oxygen atoms in total. The Morgan fingerprint density at radius 2 is 1.89 bits per heavy atom. The molecule has 1 unspecified atom stereocenters. The minimum Gasteiger partial charge on any atom is -0.391 e. The predicted molar refractivity (Wildman–Crippen MR) is 107 cm³/mol.